The van der Waals surface area contributed by atoms with E-state index in [1.807, 2.05) is 78.9 Å². The highest BCUT2D eigenvalue weighted by Crippen LogP contribution is 2.31. The van der Waals surface area contributed by atoms with Crippen molar-refractivity contribution >= 4 is 5.91 Å². The molecule has 4 nitrogen and oxygen atoms in total. The second-order valence-electron chi connectivity index (χ2n) is 8.19. The van der Waals surface area contributed by atoms with E-state index in [-0.39, 0.29) is 5.91 Å². The Morgan fingerprint density at radius 2 is 1.48 bits per heavy atom. The van der Waals surface area contributed by atoms with Gasteiger partial charge in [-0.2, -0.15) is 5.26 Å². The number of hydrogen-bond donors (Lipinski definition) is 0. The molecule has 4 heteroatoms. The van der Waals surface area contributed by atoms with E-state index in [2.05, 4.69) is 23.1 Å². The summed E-state index contributed by atoms with van der Waals surface area (Å²) in [4.78, 5) is 17.7. The maximum atomic E-state index is 13.6. The monoisotopic (exact) mass is 409 g/mol. The summed E-state index contributed by atoms with van der Waals surface area (Å²) in [5, 5.41) is 10.4. The molecule has 156 valence electrons. The van der Waals surface area contributed by atoms with Gasteiger partial charge in [0.1, 0.15) is 5.54 Å². The van der Waals surface area contributed by atoms with Crippen molar-refractivity contribution in [3.05, 3.63) is 108 Å². The van der Waals surface area contributed by atoms with Gasteiger partial charge in [-0.05, 0) is 42.6 Å². The Bertz CT molecular complexity index is 1030. The molecular formula is C27H27N3O. The molecule has 0 aromatic heterocycles. The predicted molar refractivity (Wildman–Crippen MR) is 122 cm³/mol. The maximum Gasteiger partial charge on any atom is 0.255 e. The molecule has 1 aliphatic heterocycles. The molecule has 3 aromatic rings. The van der Waals surface area contributed by atoms with E-state index in [0.717, 1.165) is 25.1 Å². The van der Waals surface area contributed by atoms with Crippen LogP contribution in [0.3, 0.4) is 0 Å². The Hall–Kier alpha value is -3.42. The largest absolute Gasteiger partial charge is 0.314 e. The third kappa shape index (κ3) is 4.84. The van der Waals surface area contributed by atoms with E-state index in [1.54, 1.807) is 4.90 Å². The van der Waals surface area contributed by atoms with Crippen LogP contribution in [0.1, 0.15) is 34.3 Å². The van der Waals surface area contributed by atoms with Gasteiger partial charge in [0, 0.05) is 25.2 Å². The lowest BCUT2D eigenvalue weighted by atomic mass is 9.87. The lowest BCUT2D eigenvalue weighted by Gasteiger charge is -2.45. The normalized spacial score (nSPS) is 18.8. The molecule has 0 spiro atoms. The minimum Gasteiger partial charge on any atom is -0.314 e. The second-order valence-corrected chi connectivity index (χ2v) is 8.19. The van der Waals surface area contributed by atoms with Gasteiger partial charge < -0.3 is 4.90 Å². The minimum absolute atomic E-state index is 0.0902. The van der Waals surface area contributed by atoms with Crippen molar-refractivity contribution in [3.63, 3.8) is 0 Å². The number of amides is 1. The molecule has 0 radical (unpaired) electrons. The summed E-state index contributed by atoms with van der Waals surface area (Å²) in [6, 6.07) is 32.1. The van der Waals surface area contributed by atoms with Crippen molar-refractivity contribution in [2.45, 2.75) is 31.5 Å². The van der Waals surface area contributed by atoms with E-state index < -0.39 is 5.54 Å². The van der Waals surface area contributed by atoms with Crippen molar-refractivity contribution in [2.75, 3.05) is 13.1 Å². The molecule has 0 N–H and O–H groups in total. The lowest BCUT2D eigenvalue weighted by molar-refractivity contribution is 0.0299. The van der Waals surface area contributed by atoms with Gasteiger partial charge in [0.15, 0.2) is 0 Å². The molecule has 0 aliphatic carbocycles. The van der Waals surface area contributed by atoms with Gasteiger partial charge in [-0.15, -0.1) is 0 Å². The Kier molecular flexibility index (Phi) is 6.45. The number of hydrogen-bond acceptors (Lipinski definition) is 3. The molecular weight excluding hydrogens is 382 g/mol. The quantitative estimate of drug-likeness (QED) is 0.582. The summed E-state index contributed by atoms with van der Waals surface area (Å²) in [5.41, 5.74) is 2.01. The molecule has 1 saturated heterocycles. The third-order valence-corrected chi connectivity index (χ3v) is 5.97. The highest BCUT2D eigenvalue weighted by molar-refractivity contribution is 5.95. The van der Waals surface area contributed by atoms with E-state index in [9.17, 15) is 10.1 Å². The smallest absolute Gasteiger partial charge is 0.255 e. The first-order valence-corrected chi connectivity index (χ1v) is 10.8. The van der Waals surface area contributed by atoms with Crippen LogP contribution in [0.2, 0.25) is 0 Å². The van der Waals surface area contributed by atoms with E-state index >= 15 is 0 Å². The zero-order valence-corrected chi connectivity index (χ0v) is 17.7. The van der Waals surface area contributed by atoms with Crippen molar-refractivity contribution in [1.29, 1.82) is 5.26 Å². The first kappa shape index (κ1) is 20.8. The fraction of sp³-hybridized carbons (Fsp3) is 0.259. The van der Waals surface area contributed by atoms with Gasteiger partial charge >= 0.3 is 0 Å². The molecule has 4 rings (SSSR count). The van der Waals surface area contributed by atoms with Crippen molar-refractivity contribution in [1.82, 2.24) is 9.80 Å². The Labute approximate surface area is 184 Å². The van der Waals surface area contributed by atoms with Crippen molar-refractivity contribution in [2.24, 2.45) is 0 Å². The van der Waals surface area contributed by atoms with E-state index in [1.165, 1.54) is 5.56 Å². The maximum absolute atomic E-state index is 13.6. The standard InChI is InChI=1S/C27H27N3O/c28-21-27(17-10-18-29(22-27)19-23-11-4-1-5-12-23)30(20-24-13-6-2-7-14-24)26(31)25-15-8-3-9-16-25/h1-9,11-16H,10,17-20,22H2. The van der Waals surface area contributed by atoms with Gasteiger partial charge in [-0.3, -0.25) is 9.69 Å². The fourth-order valence-electron chi connectivity index (χ4n) is 4.39. The van der Waals surface area contributed by atoms with Crippen LogP contribution < -0.4 is 0 Å². The summed E-state index contributed by atoms with van der Waals surface area (Å²) >= 11 is 0. The number of carbonyl (C=O) groups excluding carboxylic acids is 1. The number of piperidine rings is 1. The number of nitriles is 1. The van der Waals surface area contributed by atoms with Crippen LogP contribution in [0.15, 0.2) is 91.0 Å². The molecule has 1 fully saturated rings. The van der Waals surface area contributed by atoms with Crippen LogP contribution in [0, 0.1) is 11.3 Å². The first-order chi connectivity index (χ1) is 15.2. The average molecular weight is 410 g/mol. The van der Waals surface area contributed by atoms with E-state index in [0.29, 0.717) is 25.1 Å². The molecule has 1 heterocycles. The van der Waals surface area contributed by atoms with Gasteiger partial charge in [-0.25, -0.2) is 0 Å². The molecule has 1 unspecified atom stereocenters. The molecule has 1 atom stereocenters. The summed E-state index contributed by atoms with van der Waals surface area (Å²) in [5.74, 6) is -0.0902. The SMILES string of the molecule is N#CC1(N(Cc2ccccc2)C(=O)c2ccccc2)CCCN(Cc2ccccc2)C1. The van der Waals surface area contributed by atoms with Gasteiger partial charge in [0.05, 0.1) is 6.07 Å². The van der Waals surface area contributed by atoms with Crippen LogP contribution in [0.4, 0.5) is 0 Å². The first-order valence-electron chi connectivity index (χ1n) is 10.8. The third-order valence-electron chi connectivity index (χ3n) is 5.97. The van der Waals surface area contributed by atoms with Crippen LogP contribution in [0.5, 0.6) is 0 Å². The topological polar surface area (TPSA) is 47.3 Å². The fourth-order valence-corrected chi connectivity index (χ4v) is 4.39. The summed E-state index contributed by atoms with van der Waals surface area (Å²) in [6.45, 7) is 2.67. The Morgan fingerprint density at radius 1 is 0.903 bits per heavy atom. The number of rotatable bonds is 6. The zero-order chi connectivity index (χ0) is 21.5. The van der Waals surface area contributed by atoms with Crippen LogP contribution in [-0.2, 0) is 13.1 Å². The summed E-state index contributed by atoms with van der Waals surface area (Å²) in [6.07, 6.45) is 1.56. The number of likely N-dealkylation sites (tertiary alicyclic amines) is 1. The van der Waals surface area contributed by atoms with E-state index in [4.69, 9.17) is 0 Å². The predicted octanol–water partition coefficient (Wildman–Crippen LogP) is 4.89. The molecule has 1 aliphatic rings. The summed E-state index contributed by atoms with van der Waals surface area (Å²) < 4.78 is 0. The van der Waals surface area contributed by atoms with Crippen LogP contribution in [-0.4, -0.2) is 34.3 Å². The van der Waals surface area contributed by atoms with Crippen LogP contribution >= 0.6 is 0 Å². The van der Waals surface area contributed by atoms with Gasteiger partial charge in [0.2, 0.25) is 0 Å². The average Bonchev–Trinajstić information content (AvgIpc) is 2.84. The summed E-state index contributed by atoms with van der Waals surface area (Å²) in [7, 11) is 0. The highest BCUT2D eigenvalue weighted by atomic mass is 16.2. The molecule has 3 aromatic carbocycles. The number of nitrogens with zero attached hydrogens (tertiary/aromatic N) is 3. The molecule has 0 saturated carbocycles. The minimum atomic E-state index is -0.865. The molecule has 31 heavy (non-hydrogen) atoms. The van der Waals surface area contributed by atoms with Gasteiger partial charge in [0.25, 0.3) is 5.91 Å². The molecule has 1 amide bonds. The highest BCUT2D eigenvalue weighted by Gasteiger charge is 2.43. The van der Waals surface area contributed by atoms with Crippen molar-refractivity contribution < 1.29 is 4.79 Å². The number of benzene rings is 3. The second kappa shape index (κ2) is 9.59. The molecule has 0 bridgehead atoms. The zero-order valence-electron chi connectivity index (χ0n) is 17.7. The van der Waals surface area contributed by atoms with Crippen molar-refractivity contribution in [3.8, 4) is 6.07 Å². The Morgan fingerprint density at radius 3 is 2.10 bits per heavy atom. The van der Waals surface area contributed by atoms with Crippen LogP contribution in [0.25, 0.3) is 0 Å². The van der Waals surface area contributed by atoms with Gasteiger partial charge in [-0.1, -0.05) is 78.9 Å². The lowest BCUT2D eigenvalue weighted by Crippen LogP contribution is -2.59. The Balaban J connectivity index is 1.65. The number of carbonyl (C=O) groups is 1.